The average molecular weight is 266 g/mol. The van der Waals surface area contributed by atoms with Crippen molar-refractivity contribution in [2.24, 2.45) is 0 Å². The first kappa shape index (κ1) is 19.4. The van der Waals surface area contributed by atoms with Crippen LogP contribution in [0.25, 0.3) is 6.08 Å². The van der Waals surface area contributed by atoms with Crippen molar-refractivity contribution in [3.8, 4) is 0 Å². The minimum absolute atomic E-state index is 0.125. The Morgan fingerprint density at radius 3 is 1.89 bits per heavy atom. The van der Waals surface area contributed by atoms with Crippen molar-refractivity contribution in [2.45, 2.75) is 6.92 Å². The Kier molecular flexibility index (Phi) is 14.5. The number of aliphatic hydroxyl groups is 2. The Labute approximate surface area is 114 Å². The summed E-state index contributed by atoms with van der Waals surface area (Å²) < 4.78 is 4.27. The number of hydrogen-bond acceptors (Lipinski definition) is 4. The standard InChI is InChI=1S/C8H8.C5H8O2.C2H6O2/c1-2-8-6-4-3-5-7-8;1-4(2)5(6)7-3;3-1-2-4/h2-7H,1H2;1H2,2-3H3;3-4H,1-2H2. The first-order chi connectivity index (χ1) is 9.03. The monoisotopic (exact) mass is 266 g/mol. The second-order valence-electron chi connectivity index (χ2n) is 3.33. The predicted octanol–water partition coefficient (Wildman–Crippen LogP) is 2.04. The van der Waals surface area contributed by atoms with Crippen LogP contribution < -0.4 is 0 Å². The molecule has 1 aromatic rings. The summed E-state index contributed by atoms with van der Waals surface area (Å²) in [5.74, 6) is -0.347. The highest BCUT2D eigenvalue weighted by Crippen LogP contribution is 1.97. The molecule has 0 bridgehead atoms. The van der Waals surface area contributed by atoms with Crippen molar-refractivity contribution in [1.82, 2.24) is 0 Å². The van der Waals surface area contributed by atoms with E-state index in [9.17, 15) is 4.79 Å². The van der Waals surface area contributed by atoms with Gasteiger partial charge in [-0.05, 0) is 12.5 Å². The topological polar surface area (TPSA) is 66.8 Å². The number of carbonyl (C=O) groups is 1. The van der Waals surface area contributed by atoms with Gasteiger partial charge in [0.15, 0.2) is 0 Å². The van der Waals surface area contributed by atoms with E-state index in [4.69, 9.17) is 10.2 Å². The van der Waals surface area contributed by atoms with E-state index in [0.717, 1.165) is 0 Å². The summed E-state index contributed by atoms with van der Waals surface area (Å²) in [7, 11) is 1.33. The number of benzene rings is 1. The SMILES string of the molecule is C=C(C)C(=O)OC.C=Cc1ccccc1.OCCO. The Bertz CT molecular complexity index is 356. The van der Waals surface area contributed by atoms with Crippen LogP contribution in [0.4, 0.5) is 0 Å². The third-order valence-corrected chi connectivity index (χ3v) is 1.67. The van der Waals surface area contributed by atoms with Crippen molar-refractivity contribution < 1.29 is 19.7 Å². The first-order valence-electron chi connectivity index (χ1n) is 5.66. The van der Waals surface area contributed by atoms with Gasteiger partial charge in [-0.1, -0.05) is 49.6 Å². The molecule has 106 valence electrons. The highest BCUT2D eigenvalue weighted by atomic mass is 16.5. The van der Waals surface area contributed by atoms with E-state index in [2.05, 4.69) is 17.9 Å². The van der Waals surface area contributed by atoms with E-state index in [-0.39, 0.29) is 19.2 Å². The second kappa shape index (κ2) is 14.2. The zero-order valence-corrected chi connectivity index (χ0v) is 11.5. The van der Waals surface area contributed by atoms with Crippen molar-refractivity contribution in [3.63, 3.8) is 0 Å². The summed E-state index contributed by atoms with van der Waals surface area (Å²) in [4.78, 5) is 10.2. The van der Waals surface area contributed by atoms with Gasteiger partial charge in [-0.3, -0.25) is 0 Å². The summed E-state index contributed by atoms with van der Waals surface area (Å²) in [5.41, 5.74) is 1.61. The molecule has 1 aromatic carbocycles. The minimum Gasteiger partial charge on any atom is -0.466 e. The van der Waals surface area contributed by atoms with E-state index in [1.807, 2.05) is 36.4 Å². The highest BCUT2D eigenvalue weighted by molar-refractivity contribution is 5.86. The minimum atomic E-state index is -0.347. The van der Waals surface area contributed by atoms with Crippen LogP contribution in [-0.4, -0.2) is 36.5 Å². The van der Waals surface area contributed by atoms with Gasteiger partial charge in [0.05, 0.1) is 20.3 Å². The van der Waals surface area contributed by atoms with Crippen molar-refractivity contribution in [2.75, 3.05) is 20.3 Å². The molecule has 1 rings (SSSR count). The number of carbonyl (C=O) groups excluding carboxylic acids is 1. The molecule has 4 heteroatoms. The maximum Gasteiger partial charge on any atom is 0.332 e. The third kappa shape index (κ3) is 14.0. The number of aliphatic hydroxyl groups excluding tert-OH is 2. The number of esters is 1. The Morgan fingerprint density at radius 2 is 1.74 bits per heavy atom. The summed E-state index contributed by atoms with van der Waals surface area (Å²) in [6, 6.07) is 10.0. The van der Waals surface area contributed by atoms with Crippen LogP contribution in [0.2, 0.25) is 0 Å². The molecule has 0 aliphatic carbocycles. The number of rotatable bonds is 3. The van der Waals surface area contributed by atoms with Gasteiger partial charge in [-0.15, -0.1) is 0 Å². The molecule has 2 N–H and O–H groups in total. The van der Waals surface area contributed by atoms with E-state index >= 15 is 0 Å². The van der Waals surface area contributed by atoms with Gasteiger partial charge in [0.1, 0.15) is 0 Å². The fourth-order valence-electron chi connectivity index (χ4n) is 0.763. The molecule has 0 aliphatic heterocycles. The maximum atomic E-state index is 10.2. The quantitative estimate of drug-likeness (QED) is 0.649. The molecule has 0 spiro atoms. The molecule has 19 heavy (non-hydrogen) atoms. The smallest absolute Gasteiger partial charge is 0.332 e. The highest BCUT2D eigenvalue weighted by Gasteiger charge is 1.95. The summed E-state index contributed by atoms with van der Waals surface area (Å²) in [6.45, 7) is 8.34. The van der Waals surface area contributed by atoms with Crippen molar-refractivity contribution in [1.29, 1.82) is 0 Å². The van der Waals surface area contributed by atoms with E-state index in [1.54, 1.807) is 6.92 Å². The molecule has 0 aliphatic rings. The summed E-state index contributed by atoms with van der Waals surface area (Å²) in [5, 5.41) is 15.2. The molecule has 0 heterocycles. The second-order valence-corrected chi connectivity index (χ2v) is 3.33. The Morgan fingerprint density at radius 1 is 1.26 bits per heavy atom. The van der Waals surface area contributed by atoms with Crippen molar-refractivity contribution >= 4 is 12.0 Å². The number of ether oxygens (including phenoxy) is 1. The van der Waals surface area contributed by atoms with Crippen LogP contribution in [0.3, 0.4) is 0 Å². The van der Waals surface area contributed by atoms with Gasteiger partial charge in [-0.25, -0.2) is 4.79 Å². The molecule has 0 unspecified atom stereocenters. The molecular formula is C15H22O4. The number of hydrogen-bond donors (Lipinski definition) is 2. The van der Waals surface area contributed by atoms with Crippen LogP contribution >= 0.6 is 0 Å². The third-order valence-electron chi connectivity index (χ3n) is 1.67. The molecule has 0 saturated heterocycles. The van der Waals surface area contributed by atoms with E-state index in [0.29, 0.717) is 5.57 Å². The zero-order chi connectivity index (χ0) is 15.1. The van der Waals surface area contributed by atoms with Gasteiger partial charge in [0.25, 0.3) is 0 Å². The van der Waals surface area contributed by atoms with Gasteiger partial charge >= 0.3 is 5.97 Å². The van der Waals surface area contributed by atoms with Crippen molar-refractivity contribution in [3.05, 3.63) is 54.6 Å². The molecule has 4 nitrogen and oxygen atoms in total. The fraction of sp³-hybridized carbons (Fsp3) is 0.267. The van der Waals surface area contributed by atoms with Crippen LogP contribution in [0.1, 0.15) is 12.5 Å². The fourth-order valence-corrected chi connectivity index (χ4v) is 0.763. The van der Waals surface area contributed by atoms with Crippen LogP contribution in [0.5, 0.6) is 0 Å². The largest absolute Gasteiger partial charge is 0.466 e. The molecular weight excluding hydrogens is 244 g/mol. The van der Waals surface area contributed by atoms with Gasteiger partial charge in [-0.2, -0.15) is 0 Å². The predicted molar refractivity (Wildman–Crippen MR) is 77.5 cm³/mol. The Balaban J connectivity index is 0. The lowest BCUT2D eigenvalue weighted by atomic mass is 10.2. The lowest BCUT2D eigenvalue weighted by Crippen LogP contribution is -1.98. The number of methoxy groups -OCH3 is 1. The molecule has 0 amide bonds. The first-order valence-corrected chi connectivity index (χ1v) is 5.66. The Hall–Kier alpha value is -1.91. The van der Waals surface area contributed by atoms with Crippen LogP contribution in [0, 0.1) is 0 Å². The molecule has 0 aromatic heterocycles. The lowest BCUT2D eigenvalue weighted by Gasteiger charge is -1.91. The zero-order valence-electron chi connectivity index (χ0n) is 11.5. The maximum absolute atomic E-state index is 10.2. The van der Waals surface area contributed by atoms with Gasteiger partial charge in [0.2, 0.25) is 0 Å². The molecule has 0 fully saturated rings. The lowest BCUT2D eigenvalue weighted by molar-refractivity contribution is -0.136. The van der Waals surface area contributed by atoms with Gasteiger partial charge in [0, 0.05) is 5.57 Å². The normalized spacial score (nSPS) is 8.00. The molecule has 0 saturated carbocycles. The molecule has 0 atom stereocenters. The van der Waals surface area contributed by atoms with Gasteiger partial charge < -0.3 is 14.9 Å². The summed E-state index contributed by atoms with van der Waals surface area (Å²) in [6.07, 6.45) is 1.83. The summed E-state index contributed by atoms with van der Waals surface area (Å²) >= 11 is 0. The van der Waals surface area contributed by atoms with E-state index in [1.165, 1.54) is 12.7 Å². The van der Waals surface area contributed by atoms with Crippen LogP contribution in [-0.2, 0) is 9.53 Å². The average Bonchev–Trinajstić information content (AvgIpc) is 2.48. The van der Waals surface area contributed by atoms with E-state index < -0.39 is 0 Å². The van der Waals surface area contributed by atoms with Crippen LogP contribution in [0.15, 0.2) is 49.1 Å². The molecule has 0 radical (unpaired) electrons.